The van der Waals surface area contributed by atoms with Gasteiger partial charge in [-0.3, -0.25) is 4.79 Å². The van der Waals surface area contributed by atoms with Crippen LogP contribution in [0.25, 0.3) is 0 Å². The van der Waals surface area contributed by atoms with Gasteiger partial charge >= 0.3 is 0 Å². The first-order valence-electron chi connectivity index (χ1n) is 9.04. The third-order valence-electron chi connectivity index (χ3n) is 5.07. The van der Waals surface area contributed by atoms with Crippen LogP contribution in [0, 0.1) is 0 Å². The van der Waals surface area contributed by atoms with Crippen molar-refractivity contribution in [2.75, 3.05) is 33.1 Å². The highest BCUT2D eigenvalue weighted by Crippen LogP contribution is 2.30. The van der Waals surface area contributed by atoms with E-state index in [0.717, 1.165) is 12.8 Å². The Hall–Kier alpha value is -2.53. The molecule has 0 bridgehead atoms. The van der Waals surface area contributed by atoms with Gasteiger partial charge in [0, 0.05) is 23.7 Å². The van der Waals surface area contributed by atoms with Gasteiger partial charge in [0.25, 0.3) is 5.91 Å². The number of benzene rings is 2. The lowest BCUT2D eigenvalue weighted by Gasteiger charge is -2.30. The van der Waals surface area contributed by atoms with Gasteiger partial charge in [0.05, 0.1) is 21.3 Å². The number of hydrogen-bond acceptors (Lipinski definition) is 3. The summed E-state index contributed by atoms with van der Waals surface area (Å²) >= 11 is 0. The molecule has 0 heterocycles. The van der Waals surface area contributed by atoms with E-state index in [4.69, 9.17) is 9.47 Å². The second kappa shape index (κ2) is 8.23. The van der Waals surface area contributed by atoms with E-state index in [9.17, 15) is 4.79 Å². The topological polar surface area (TPSA) is 52.0 Å². The molecular weight excluding hydrogens is 328 g/mol. The molecule has 0 fully saturated rings. The van der Waals surface area contributed by atoms with Gasteiger partial charge in [-0.2, -0.15) is 0 Å². The van der Waals surface area contributed by atoms with E-state index < -0.39 is 0 Å². The molecule has 2 N–H and O–H groups in total. The molecule has 2 aromatic rings. The predicted octanol–water partition coefficient (Wildman–Crippen LogP) is 2.23. The molecular formula is C21H27N2O3+. The molecule has 0 spiro atoms. The molecule has 5 heteroatoms. The molecule has 0 aliphatic heterocycles. The minimum atomic E-state index is -0.00206. The highest BCUT2D eigenvalue weighted by Gasteiger charge is 2.27. The molecule has 26 heavy (non-hydrogen) atoms. The van der Waals surface area contributed by atoms with Gasteiger partial charge in [-0.15, -0.1) is 0 Å². The van der Waals surface area contributed by atoms with Crippen molar-refractivity contribution in [3.8, 4) is 11.5 Å². The van der Waals surface area contributed by atoms with Crippen LogP contribution < -0.4 is 19.7 Å². The molecule has 3 rings (SSSR count). The number of rotatable bonds is 6. The van der Waals surface area contributed by atoms with E-state index in [-0.39, 0.29) is 5.91 Å². The van der Waals surface area contributed by atoms with Crippen LogP contribution in [-0.2, 0) is 11.2 Å². The standard InChI is InChI=1S/C21H26N2O3/c1-23(18-10-6-8-15-7-4-5-9-17(15)18)14-21(24)22-16-11-12-19(25-2)20(13-16)26-3/h4-5,7,9,11-13,18H,6,8,10,14H2,1-3H3,(H,22,24)/p+1/t18-/m1/s1. The molecule has 0 aromatic heterocycles. The average Bonchev–Trinajstić information content (AvgIpc) is 2.67. The maximum Gasteiger partial charge on any atom is 0.279 e. The van der Waals surface area contributed by atoms with Crippen LogP contribution in [0.5, 0.6) is 11.5 Å². The Bertz CT molecular complexity index is 776. The van der Waals surface area contributed by atoms with Crippen LogP contribution in [0.4, 0.5) is 5.69 Å². The van der Waals surface area contributed by atoms with Crippen LogP contribution in [0.2, 0.25) is 0 Å². The van der Waals surface area contributed by atoms with Gasteiger partial charge in [0.2, 0.25) is 0 Å². The fourth-order valence-corrected chi connectivity index (χ4v) is 3.76. The van der Waals surface area contributed by atoms with E-state index >= 15 is 0 Å². The molecule has 1 unspecified atom stereocenters. The molecule has 2 aromatic carbocycles. The summed E-state index contributed by atoms with van der Waals surface area (Å²) in [6.07, 6.45) is 3.43. The Morgan fingerprint density at radius 2 is 1.92 bits per heavy atom. The maximum absolute atomic E-state index is 12.5. The summed E-state index contributed by atoms with van der Waals surface area (Å²) in [5.41, 5.74) is 3.52. The monoisotopic (exact) mass is 355 g/mol. The smallest absolute Gasteiger partial charge is 0.279 e. The lowest BCUT2D eigenvalue weighted by molar-refractivity contribution is -0.905. The van der Waals surface area contributed by atoms with E-state index in [1.807, 2.05) is 6.07 Å². The number of carbonyl (C=O) groups is 1. The van der Waals surface area contributed by atoms with E-state index in [1.54, 1.807) is 26.4 Å². The molecule has 0 radical (unpaired) electrons. The average molecular weight is 355 g/mol. The van der Waals surface area contributed by atoms with Gasteiger partial charge in [0.15, 0.2) is 18.0 Å². The summed E-state index contributed by atoms with van der Waals surface area (Å²) in [6.45, 7) is 0.424. The van der Waals surface area contributed by atoms with Crippen LogP contribution in [0.1, 0.15) is 30.0 Å². The molecule has 5 nitrogen and oxygen atoms in total. The number of carbonyl (C=O) groups excluding carboxylic acids is 1. The zero-order valence-electron chi connectivity index (χ0n) is 15.7. The lowest BCUT2D eigenvalue weighted by atomic mass is 9.87. The minimum Gasteiger partial charge on any atom is -0.493 e. The van der Waals surface area contributed by atoms with E-state index in [0.29, 0.717) is 29.8 Å². The Balaban J connectivity index is 1.65. The maximum atomic E-state index is 12.5. The van der Waals surface area contributed by atoms with Crippen molar-refractivity contribution in [3.63, 3.8) is 0 Å². The zero-order chi connectivity index (χ0) is 18.5. The molecule has 0 saturated heterocycles. The summed E-state index contributed by atoms with van der Waals surface area (Å²) in [5, 5.41) is 2.97. The Labute approximate surface area is 154 Å². The molecule has 1 aliphatic carbocycles. The number of amides is 1. The number of hydrogen-bond donors (Lipinski definition) is 2. The number of nitrogens with one attached hydrogen (secondary N) is 2. The number of fused-ring (bicyclic) bond motifs is 1. The van der Waals surface area contributed by atoms with Crippen molar-refractivity contribution in [2.24, 2.45) is 0 Å². The highest BCUT2D eigenvalue weighted by molar-refractivity contribution is 5.91. The van der Waals surface area contributed by atoms with Crippen LogP contribution in [0.3, 0.4) is 0 Å². The highest BCUT2D eigenvalue weighted by atomic mass is 16.5. The van der Waals surface area contributed by atoms with Crippen LogP contribution in [-0.4, -0.2) is 33.7 Å². The van der Waals surface area contributed by atoms with Gasteiger partial charge < -0.3 is 19.7 Å². The molecule has 1 amide bonds. The quantitative estimate of drug-likeness (QED) is 0.836. The first kappa shape index (κ1) is 18.3. The second-order valence-electron chi connectivity index (χ2n) is 6.78. The first-order valence-corrected chi connectivity index (χ1v) is 9.04. The van der Waals surface area contributed by atoms with Crippen LogP contribution >= 0.6 is 0 Å². The van der Waals surface area contributed by atoms with Gasteiger partial charge in [0.1, 0.15) is 6.04 Å². The number of likely N-dealkylation sites (N-methyl/N-ethyl adjacent to an activating group) is 1. The summed E-state index contributed by atoms with van der Waals surface area (Å²) in [4.78, 5) is 13.7. The third-order valence-corrected chi connectivity index (χ3v) is 5.07. The third kappa shape index (κ3) is 3.99. The largest absolute Gasteiger partial charge is 0.493 e. The van der Waals surface area contributed by atoms with Crippen molar-refractivity contribution in [1.29, 1.82) is 0 Å². The number of quaternary nitrogens is 1. The van der Waals surface area contributed by atoms with Crippen LogP contribution in [0.15, 0.2) is 42.5 Å². The fourth-order valence-electron chi connectivity index (χ4n) is 3.76. The van der Waals surface area contributed by atoms with Gasteiger partial charge in [-0.1, -0.05) is 24.3 Å². The predicted molar refractivity (Wildman–Crippen MR) is 102 cm³/mol. The first-order chi connectivity index (χ1) is 12.6. The SMILES string of the molecule is COc1ccc(NC(=O)C[NH+](C)[C@@H]2CCCc3ccccc32)cc1OC. The summed E-state index contributed by atoms with van der Waals surface area (Å²) in [7, 11) is 5.28. The normalized spacial score (nSPS) is 17.1. The number of ether oxygens (including phenoxy) is 2. The van der Waals surface area contributed by atoms with Gasteiger partial charge in [-0.25, -0.2) is 0 Å². The van der Waals surface area contributed by atoms with Crippen molar-refractivity contribution < 1.29 is 19.2 Å². The van der Waals surface area contributed by atoms with Crippen molar-refractivity contribution in [3.05, 3.63) is 53.6 Å². The van der Waals surface area contributed by atoms with Crippen molar-refractivity contribution in [2.45, 2.75) is 25.3 Å². The van der Waals surface area contributed by atoms with E-state index in [1.165, 1.54) is 22.4 Å². The van der Waals surface area contributed by atoms with Crippen molar-refractivity contribution >= 4 is 11.6 Å². The second-order valence-corrected chi connectivity index (χ2v) is 6.78. The summed E-state index contributed by atoms with van der Waals surface area (Å²) in [6, 6.07) is 14.4. The number of anilines is 1. The van der Waals surface area contributed by atoms with Crippen molar-refractivity contribution in [1.82, 2.24) is 0 Å². The summed E-state index contributed by atoms with van der Waals surface area (Å²) < 4.78 is 10.5. The Morgan fingerprint density at radius 1 is 1.15 bits per heavy atom. The Kier molecular flexibility index (Phi) is 5.78. The lowest BCUT2D eigenvalue weighted by Crippen LogP contribution is -3.10. The molecule has 2 atom stereocenters. The molecule has 1 aliphatic rings. The zero-order valence-corrected chi connectivity index (χ0v) is 15.7. The fraction of sp³-hybridized carbons (Fsp3) is 0.381. The van der Waals surface area contributed by atoms with E-state index in [2.05, 4.69) is 36.6 Å². The van der Waals surface area contributed by atoms with Gasteiger partial charge in [-0.05, 0) is 30.5 Å². The number of aryl methyl sites for hydroxylation is 1. The minimum absolute atomic E-state index is 0.00206. The molecule has 138 valence electrons. The number of methoxy groups -OCH3 is 2. The summed E-state index contributed by atoms with van der Waals surface area (Å²) in [5.74, 6) is 1.25. The molecule has 0 saturated carbocycles. The Morgan fingerprint density at radius 3 is 2.69 bits per heavy atom.